The normalized spacial score (nSPS) is 10.3. The van der Waals surface area contributed by atoms with Gasteiger partial charge < -0.3 is 9.72 Å². The van der Waals surface area contributed by atoms with Crippen molar-refractivity contribution in [1.29, 1.82) is 0 Å². The van der Waals surface area contributed by atoms with Gasteiger partial charge in [-0.25, -0.2) is 4.98 Å². The maximum Gasteiger partial charge on any atom is 0.241 e. The quantitative estimate of drug-likeness (QED) is 0.657. The van der Waals surface area contributed by atoms with Crippen molar-refractivity contribution < 1.29 is 4.74 Å². The summed E-state index contributed by atoms with van der Waals surface area (Å²) in [5, 5.41) is 0. The molecule has 0 aliphatic heterocycles. The number of aromatic amines is 1. The summed E-state index contributed by atoms with van der Waals surface area (Å²) in [7, 11) is 1.59. The summed E-state index contributed by atoms with van der Waals surface area (Å²) in [6.45, 7) is 0. The fourth-order valence-electron chi connectivity index (χ4n) is 1.00. The van der Waals surface area contributed by atoms with Crippen LogP contribution < -0.4 is 4.74 Å². The molecule has 1 N–H and O–H groups in total. The highest BCUT2D eigenvalue weighted by Crippen LogP contribution is 2.17. The van der Waals surface area contributed by atoms with Gasteiger partial charge in [0.05, 0.1) is 12.6 Å². The van der Waals surface area contributed by atoms with Crippen molar-refractivity contribution in [3.8, 4) is 5.88 Å². The molecule has 0 aliphatic rings. The van der Waals surface area contributed by atoms with Gasteiger partial charge in [-0.2, -0.15) is 4.98 Å². The lowest BCUT2D eigenvalue weighted by Gasteiger charge is -1.97. The SMILES string of the molecule is COc1ncnc2cc[nH]c12. The number of H-pyrrole nitrogens is 1. The number of nitrogens with zero attached hydrogens (tertiary/aromatic N) is 2. The topological polar surface area (TPSA) is 50.8 Å². The Morgan fingerprint density at radius 1 is 1.45 bits per heavy atom. The van der Waals surface area contributed by atoms with E-state index >= 15 is 0 Å². The third-order valence-corrected chi connectivity index (χ3v) is 1.50. The molecule has 0 amide bonds. The molecule has 0 atom stereocenters. The second kappa shape index (κ2) is 2.23. The smallest absolute Gasteiger partial charge is 0.241 e. The van der Waals surface area contributed by atoms with Crippen LogP contribution in [0.3, 0.4) is 0 Å². The number of ether oxygens (including phenoxy) is 1. The van der Waals surface area contributed by atoms with Crippen molar-refractivity contribution in [3.63, 3.8) is 0 Å². The number of nitrogens with one attached hydrogen (secondary N) is 1. The van der Waals surface area contributed by atoms with E-state index < -0.39 is 0 Å². The number of hydrogen-bond acceptors (Lipinski definition) is 3. The van der Waals surface area contributed by atoms with E-state index in [2.05, 4.69) is 15.0 Å². The van der Waals surface area contributed by atoms with Gasteiger partial charge in [-0.3, -0.25) is 0 Å². The second-order valence-electron chi connectivity index (χ2n) is 2.12. The van der Waals surface area contributed by atoms with Gasteiger partial charge in [0.1, 0.15) is 11.8 Å². The molecule has 4 heteroatoms. The first-order valence-corrected chi connectivity index (χ1v) is 3.24. The zero-order chi connectivity index (χ0) is 7.68. The standard InChI is InChI=1S/C7H7N3O/c1-11-7-6-5(2-3-8-6)9-4-10-7/h2-4,8H,1H3. The van der Waals surface area contributed by atoms with Crippen LogP contribution >= 0.6 is 0 Å². The lowest BCUT2D eigenvalue weighted by Crippen LogP contribution is -1.89. The second-order valence-corrected chi connectivity index (χ2v) is 2.12. The molecule has 2 rings (SSSR count). The van der Waals surface area contributed by atoms with Crippen LogP contribution in [0, 0.1) is 0 Å². The predicted molar refractivity (Wildman–Crippen MR) is 40.4 cm³/mol. The van der Waals surface area contributed by atoms with Gasteiger partial charge in [-0.1, -0.05) is 0 Å². The first-order valence-electron chi connectivity index (χ1n) is 3.24. The minimum absolute atomic E-state index is 0.583. The maximum atomic E-state index is 5.00. The third-order valence-electron chi connectivity index (χ3n) is 1.50. The molecule has 0 saturated heterocycles. The van der Waals surface area contributed by atoms with Gasteiger partial charge in [0.15, 0.2) is 0 Å². The average molecular weight is 149 g/mol. The number of hydrogen-bond donors (Lipinski definition) is 1. The van der Waals surface area contributed by atoms with Gasteiger partial charge in [0, 0.05) is 6.20 Å². The predicted octanol–water partition coefficient (Wildman–Crippen LogP) is 0.966. The molecule has 0 bridgehead atoms. The van der Waals surface area contributed by atoms with Crippen molar-refractivity contribution in [2.24, 2.45) is 0 Å². The summed E-state index contributed by atoms with van der Waals surface area (Å²) in [4.78, 5) is 10.9. The average Bonchev–Trinajstić information content (AvgIpc) is 2.50. The van der Waals surface area contributed by atoms with Crippen LogP contribution in [0.5, 0.6) is 5.88 Å². The Hall–Kier alpha value is -1.58. The molecule has 2 heterocycles. The van der Waals surface area contributed by atoms with Gasteiger partial charge >= 0.3 is 0 Å². The Morgan fingerprint density at radius 3 is 3.18 bits per heavy atom. The lowest BCUT2D eigenvalue weighted by atomic mass is 10.4. The van der Waals surface area contributed by atoms with E-state index in [4.69, 9.17) is 4.74 Å². The third kappa shape index (κ3) is 0.832. The number of fused-ring (bicyclic) bond motifs is 1. The van der Waals surface area contributed by atoms with E-state index in [1.54, 1.807) is 7.11 Å². The van der Waals surface area contributed by atoms with E-state index in [0.29, 0.717) is 5.88 Å². The summed E-state index contributed by atoms with van der Waals surface area (Å²) in [6, 6.07) is 1.87. The lowest BCUT2D eigenvalue weighted by molar-refractivity contribution is 0.402. The Morgan fingerprint density at radius 2 is 2.36 bits per heavy atom. The number of rotatable bonds is 1. The first kappa shape index (κ1) is 6.15. The molecule has 2 aromatic rings. The van der Waals surface area contributed by atoms with Crippen molar-refractivity contribution in [1.82, 2.24) is 15.0 Å². The fourth-order valence-corrected chi connectivity index (χ4v) is 1.00. The number of methoxy groups -OCH3 is 1. The fraction of sp³-hybridized carbons (Fsp3) is 0.143. The van der Waals surface area contributed by atoms with Crippen LogP contribution in [-0.4, -0.2) is 22.1 Å². The summed E-state index contributed by atoms with van der Waals surface area (Å²) < 4.78 is 5.00. The van der Waals surface area contributed by atoms with Crippen LogP contribution in [0.4, 0.5) is 0 Å². The van der Waals surface area contributed by atoms with Crippen LogP contribution in [0.25, 0.3) is 11.0 Å². The zero-order valence-electron chi connectivity index (χ0n) is 6.03. The minimum Gasteiger partial charge on any atom is -0.479 e. The molecule has 2 aromatic heterocycles. The Balaban J connectivity index is 2.79. The van der Waals surface area contributed by atoms with Crippen molar-refractivity contribution >= 4 is 11.0 Å². The molecule has 4 nitrogen and oxygen atoms in total. The highest BCUT2D eigenvalue weighted by atomic mass is 16.5. The number of aromatic nitrogens is 3. The monoisotopic (exact) mass is 149 g/mol. The molecular formula is C7H7N3O. The van der Waals surface area contributed by atoms with Crippen LogP contribution in [0.2, 0.25) is 0 Å². The molecule has 0 aromatic carbocycles. The van der Waals surface area contributed by atoms with Crippen LogP contribution in [0.1, 0.15) is 0 Å². The van der Waals surface area contributed by atoms with Gasteiger partial charge in [0.25, 0.3) is 0 Å². The Labute approximate surface area is 63.2 Å². The van der Waals surface area contributed by atoms with E-state index in [1.165, 1.54) is 6.33 Å². The zero-order valence-corrected chi connectivity index (χ0v) is 6.03. The van der Waals surface area contributed by atoms with Crippen molar-refractivity contribution in [2.75, 3.05) is 7.11 Å². The Kier molecular flexibility index (Phi) is 1.25. The molecule has 0 spiro atoms. The highest BCUT2D eigenvalue weighted by Gasteiger charge is 2.01. The molecule has 0 aliphatic carbocycles. The molecular weight excluding hydrogens is 142 g/mol. The van der Waals surface area contributed by atoms with Crippen molar-refractivity contribution in [2.45, 2.75) is 0 Å². The van der Waals surface area contributed by atoms with Crippen LogP contribution in [0.15, 0.2) is 18.6 Å². The molecule has 56 valence electrons. The molecule has 11 heavy (non-hydrogen) atoms. The summed E-state index contributed by atoms with van der Waals surface area (Å²) in [5.41, 5.74) is 1.71. The summed E-state index contributed by atoms with van der Waals surface area (Å²) in [5.74, 6) is 0.583. The van der Waals surface area contributed by atoms with E-state index in [9.17, 15) is 0 Å². The maximum absolute atomic E-state index is 5.00. The summed E-state index contributed by atoms with van der Waals surface area (Å²) in [6.07, 6.45) is 3.29. The minimum atomic E-state index is 0.583. The van der Waals surface area contributed by atoms with Crippen LogP contribution in [-0.2, 0) is 0 Å². The highest BCUT2D eigenvalue weighted by molar-refractivity contribution is 5.79. The van der Waals surface area contributed by atoms with Gasteiger partial charge in [-0.15, -0.1) is 0 Å². The van der Waals surface area contributed by atoms with E-state index in [0.717, 1.165) is 11.0 Å². The van der Waals surface area contributed by atoms with Crippen molar-refractivity contribution in [3.05, 3.63) is 18.6 Å². The summed E-state index contributed by atoms with van der Waals surface area (Å²) >= 11 is 0. The van der Waals surface area contributed by atoms with Gasteiger partial charge in [-0.05, 0) is 6.07 Å². The molecule has 0 radical (unpaired) electrons. The van der Waals surface area contributed by atoms with E-state index in [1.807, 2.05) is 12.3 Å². The molecule has 0 saturated carbocycles. The molecule has 0 unspecified atom stereocenters. The van der Waals surface area contributed by atoms with Gasteiger partial charge in [0.2, 0.25) is 5.88 Å². The largest absolute Gasteiger partial charge is 0.479 e. The molecule has 0 fully saturated rings. The Bertz CT molecular complexity index is 368. The van der Waals surface area contributed by atoms with E-state index in [-0.39, 0.29) is 0 Å². The first-order chi connectivity index (χ1) is 5.42.